The van der Waals surface area contributed by atoms with Gasteiger partial charge < -0.3 is 4.52 Å². The fourth-order valence-corrected chi connectivity index (χ4v) is 4.42. The number of sulfonamides is 1. The second kappa shape index (κ2) is 7.81. The molecule has 152 valence electrons. The Bertz CT molecular complexity index is 1410. The Morgan fingerprint density at radius 3 is 2.70 bits per heavy atom. The van der Waals surface area contributed by atoms with E-state index in [1.165, 1.54) is 35.1 Å². The fraction of sp³-hybridized carbons (Fsp3) is 0.0476. The molecule has 7 nitrogen and oxygen atoms in total. The van der Waals surface area contributed by atoms with E-state index < -0.39 is 10.0 Å². The van der Waals surface area contributed by atoms with Crippen LogP contribution >= 0.6 is 11.6 Å². The zero-order chi connectivity index (χ0) is 21.3. The smallest absolute Gasteiger partial charge is 0.263 e. The Hall–Kier alpha value is -3.36. The average molecular weight is 442 g/mol. The lowest BCUT2D eigenvalue weighted by Gasteiger charge is -2.15. The Balaban J connectivity index is 1.87. The zero-order valence-corrected chi connectivity index (χ0v) is 17.2. The summed E-state index contributed by atoms with van der Waals surface area (Å²) in [7, 11) is -3.88. The quantitative estimate of drug-likeness (QED) is 0.453. The number of benzene rings is 2. The molecule has 2 aromatic heterocycles. The average Bonchev–Trinajstić information content (AvgIpc) is 3.21. The Kier molecular flexibility index (Phi) is 5.19. The molecule has 0 aliphatic rings. The van der Waals surface area contributed by atoms with Crippen molar-refractivity contribution in [1.29, 1.82) is 0 Å². The first kappa shape index (κ1) is 19.9. The number of fused-ring (bicyclic) bond motifs is 1. The number of nitrogens with one attached hydrogen (secondary N) is 1. The van der Waals surface area contributed by atoms with Crippen LogP contribution in [0.4, 0.5) is 5.82 Å². The van der Waals surface area contributed by atoms with Gasteiger partial charge in [-0.25, -0.2) is 8.42 Å². The van der Waals surface area contributed by atoms with Crippen molar-refractivity contribution in [3.05, 3.63) is 94.5 Å². The van der Waals surface area contributed by atoms with Crippen LogP contribution in [0, 0.1) is 0 Å². The summed E-state index contributed by atoms with van der Waals surface area (Å²) in [6.45, 7) is 3.76. The minimum absolute atomic E-state index is 0.0330. The molecule has 0 amide bonds. The van der Waals surface area contributed by atoms with E-state index in [1.807, 2.05) is 0 Å². The number of nitrogens with zero attached hydrogens (tertiary/aromatic N) is 2. The lowest BCUT2D eigenvalue weighted by molar-refractivity contribution is 0.423. The SMILES string of the molecule is C=CCc1cc(Cl)ccc1-n1c(=O)ccc2cc(S(=O)(=O)Nc3ccon3)ccc21. The summed E-state index contributed by atoms with van der Waals surface area (Å²) in [6, 6.07) is 14.2. The summed E-state index contributed by atoms with van der Waals surface area (Å²) < 4.78 is 33.8. The maximum absolute atomic E-state index is 12.7. The van der Waals surface area contributed by atoms with E-state index in [0.29, 0.717) is 28.0 Å². The normalized spacial score (nSPS) is 11.5. The van der Waals surface area contributed by atoms with Crippen molar-refractivity contribution in [3.63, 3.8) is 0 Å². The molecule has 0 aliphatic carbocycles. The highest BCUT2D eigenvalue weighted by Gasteiger charge is 2.18. The molecule has 0 fully saturated rings. The Labute approximate surface area is 177 Å². The van der Waals surface area contributed by atoms with Gasteiger partial charge in [-0.2, -0.15) is 0 Å². The summed E-state index contributed by atoms with van der Waals surface area (Å²) in [4.78, 5) is 12.8. The monoisotopic (exact) mass is 441 g/mol. The molecule has 30 heavy (non-hydrogen) atoms. The van der Waals surface area contributed by atoms with Gasteiger partial charge in [0.05, 0.1) is 16.1 Å². The maximum atomic E-state index is 12.7. The van der Waals surface area contributed by atoms with Gasteiger partial charge in [0.1, 0.15) is 6.26 Å². The minimum atomic E-state index is -3.88. The van der Waals surface area contributed by atoms with Gasteiger partial charge >= 0.3 is 0 Å². The predicted octanol–water partition coefficient (Wildman–Crippen LogP) is 4.16. The van der Waals surface area contributed by atoms with Crippen LogP contribution in [-0.2, 0) is 16.4 Å². The summed E-state index contributed by atoms with van der Waals surface area (Å²) in [5, 5.41) is 4.69. The van der Waals surface area contributed by atoms with E-state index in [4.69, 9.17) is 11.6 Å². The summed E-state index contributed by atoms with van der Waals surface area (Å²) >= 11 is 6.12. The van der Waals surface area contributed by atoms with Crippen molar-refractivity contribution in [2.45, 2.75) is 11.3 Å². The molecule has 0 bridgehead atoms. The van der Waals surface area contributed by atoms with Gasteiger partial charge in [0, 0.05) is 22.5 Å². The lowest BCUT2D eigenvalue weighted by Crippen LogP contribution is -2.19. The molecular weight excluding hydrogens is 426 g/mol. The van der Waals surface area contributed by atoms with Gasteiger partial charge in [-0.05, 0) is 54.4 Å². The Morgan fingerprint density at radius 1 is 1.13 bits per heavy atom. The molecule has 4 aromatic rings. The van der Waals surface area contributed by atoms with Gasteiger partial charge in [0.15, 0.2) is 5.82 Å². The maximum Gasteiger partial charge on any atom is 0.263 e. The largest absolute Gasteiger partial charge is 0.363 e. The van der Waals surface area contributed by atoms with E-state index in [-0.39, 0.29) is 16.3 Å². The number of aromatic nitrogens is 2. The van der Waals surface area contributed by atoms with Crippen LogP contribution in [0.1, 0.15) is 5.56 Å². The number of halogens is 1. The molecule has 0 unspecified atom stereocenters. The van der Waals surface area contributed by atoms with Crippen molar-refractivity contribution in [3.8, 4) is 5.69 Å². The summed E-state index contributed by atoms with van der Waals surface area (Å²) in [5.41, 5.74) is 1.81. The molecule has 0 radical (unpaired) electrons. The molecule has 0 atom stereocenters. The van der Waals surface area contributed by atoms with Gasteiger partial charge in [-0.1, -0.05) is 22.8 Å². The topological polar surface area (TPSA) is 94.2 Å². The molecule has 9 heteroatoms. The van der Waals surface area contributed by atoms with Crippen LogP contribution in [0.2, 0.25) is 5.02 Å². The van der Waals surface area contributed by atoms with Crippen LogP contribution in [0.3, 0.4) is 0 Å². The van der Waals surface area contributed by atoms with E-state index in [1.54, 1.807) is 36.4 Å². The van der Waals surface area contributed by atoms with Gasteiger partial charge in [-0.3, -0.25) is 14.1 Å². The number of allylic oxidation sites excluding steroid dienone is 1. The molecule has 0 saturated heterocycles. The number of rotatable bonds is 6. The van der Waals surface area contributed by atoms with Crippen LogP contribution in [0.15, 0.2) is 87.7 Å². The van der Waals surface area contributed by atoms with Crippen molar-refractivity contribution in [2.75, 3.05) is 4.72 Å². The molecule has 0 aliphatic heterocycles. The third kappa shape index (κ3) is 3.74. The highest BCUT2D eigenvalue weighted by atomic mass is 35.5. The minimum Gasteiger partial charge on any atom is -0.363 e. The van der Waals surface area contributed by atoms with Crippen molar-refractivity contribution >= 4 is 38.3 Å². The molecule has 2 aromatic carbocycles. The van der Waals surface area contributed by atoms with Gasteiger partial charge in [0.25, 0.3) is 15.6 Å². The van der Waals surface area contributed by atoms with Crippen LogP contribution in [0.5, 0.6) is 0 Å². The molecule has 0 spiro atoms. The highest BCUT2D eigenvalue weighted by Crippen LogP contribution is 2.25. The Morgan fingerprint density at radius 2 is 1.97 bits per heavy atom. The van der Waals surface area contributed by atoms with Gasteiger partial charge in [0.2, 0.25) is 0 Å². The summed E-state index contributed by atoms with van der Waals surface area (Å²) in [5.74, 6) is 0.0790. The fourth-order valence-electron chi connectivity index (χ4n) is 3.19. The predicted molar refractivity (Wildman–Crippen MR) is 116 cm³/mol. The number of hydrogen-bond donors (Lipinski definition) is 1. The first-order valence-corrected chi connectivity index (χ1v) is 10.7. The third-order valence-corrected chi connectivity index (χ3v) is 6.09. The first-order valence-electron chi connectivity index (χ1n) is 8.88. The molecule has 0 saturated carbocycles. The molecule has 2 heterocycles. The molecular formula is C21H16ClN3O4S. The van der Waals surface area contributed by atoms with Gasteiger partial charge in [-0.15, -0.1) is 6.58 Å². The second-order valence-corrected chi connectivity index (χ2v) is 8.60. The summed E-state index contributed by atoms with van der Waals surface area (Å²) in [6.07, 6.45) is 3.52. The highest BCUT2D eigenvalue weighted by molar-refractivity contribution is 7.92. The van der Waals surface area contributed by atoms with E-state index in [2.05, 4.69) is 21.0 Å². The van der Waals surface area contributed by atoms with Crippen LogP contribution < -0.4 is 10.3 Å². The number of pyridine rings is 1. The second-order valence-electron chi connectivity index (χ2n) is 6.48. The number of hydrogen-bond acceptors (Lipinski definition) is 5. The van der Waals surface area contributed by atoms with Crippen LogP contribution in [-0.4, -0.2) is 18.1 Å². The van der Waals surface area contributed by atoms with Crippen molar-refractivity contribution in [2.24, 2.45) is 0 Å². The van der Waals surface area contributed by atoms with E-state index >= 15 is 0 Å². The zero-order valence-electron chi connectivity index (χ0n) is 15.6. The standard InChI is InChI=1S/C21H16ClN3O4S/c1-2-3-14-12-16(22)5-7-18(14)25-19-8-6-17(13-15(19)4-9-21(25)26)30(27,28)24-20-10-11-29-23-20/h2,4-13H,1,3H2,(H,23,24). The first-order chi connectivity index (χ1) is 14.4. The third-order valence-electron chi connectivity index (χ3n) is 4.50. The van der Waals surface area contributed by atoms with Crippen molar-refractivity contribution < 1.29 is 12.9 Å². The molecule has 1 N–H and O–H groups in total. The van der Waals surface area contributed by atoms with E-state index in [0.717, 1.165) is 5.56 Å². The number of anilines is 1. The van der Waals surface area contributed by atoms with E-state index in [9.17, 15) is 13.2 Å². The van der Waals surface area contributed by atoms with Crippen molar-refractivity contribution in [1.82, 2.24) is 9.72 Å². The molecule has 4 rings (SSSR count). The van der Waals surface area contributed by atoms with Crippen LogP contribution in [0.25, 0.3) is 16.6 Å². The lowest BCUT2D eigenvalue weighted by atomic mass is 10.1.